The number of carbonyl (C=O) groups is 1. The highest BCUT2D eigenvalue weighted by Gasteiger charge is 2.22. The number of carboxylic acids is 1. The number of rotatable bonds is 3. The van der Waals surface area contributed by atoms with Crippen LogP contribution in [0.1, 0.15) is 16.1 Å². The third-order valence-electron chi connectivity index (χ3n) is 3.23. The Morgan fingerprint density at radius 2 is 2.11 bits per heavy atom. The molecule has 0 saturated carbocycles. The van der Waals surface area contributed by atoms with E-state index in [4.69, 9.17) is 16.7 Å². The molecule has 0 aliphatic carbocycles. The van der Waals surface area contributed by atoms with Crippen LogP contribution in [-0.2, 0) is 6.54 Å². The number of likely N-dealkylation sites (N-methyl/N-ethyl adjacent to an activating group) is 1. The highest BCUT2D eigenvalue weighted by atomic mass is 35.5. The van der Waals surface area contributed by atoms with Crippen LogP contribution in [0.15, 0.2) is 6.20 Å². The van der Waals surface area contributed by atoms with E-state index in [1.54, 1.807) is 0 Å². The fraction of sp³-hybridized carbons (Fsp3) is 0.500. The van der Waals surface area contributed by atoms with Crippen molar-refractivity contribution < 1.29 is 14.3 Å². The molecule has 1 fully saturated rings. The molecule has 1 aliphatic rings. The number of carboxylic acid groups (broad SMARTS) is 1. The molecular formula is C12H15ClFN3O2. The van der Waals surface area contributed by atoms with Gasteiger partial charge in [-0.25, -0.2) is 9.18 Å². The second-order valence-corrected chi connectivity index (χ2v) is 5.00. The molecule has 0 aromatic carbocycles. The number of nitrogens with zero attached hydrogens (tertiary/aromatic N) is 3. The van der Waals surface area contributed by atoms with Crippen LogP contribution < -0.4 is 0 Å². The third-order valence-corrected chi connectivity index (χ3v) is 3.64. The van der Waals surface area contributed by atoms with Gasteiger partial charge in [0.15, 0.2) is 5.82 Å². The van der Waals surface area contributed by atoms with Crippen LogP contribution in [-0.4, -0.2) is 59.1 Å². The Kier molecular flexibility index (Phi) is 4.34. The summed E-state index contributed by atoms with van der Waals surface area (Å²) in [4.78, 5) is 19.2. The number of hydrogen-bond donors (Lipinski definition) is 1. The van der Waals surface area contributed by atoms with Gasteiger partial charge in [-0.2, -0.15) is 0 Å². The summed E-state index contributed by atoms with van der Waals surface area (Å²) in [5, 5.41) is 8.83. The summed E-state index contributed by atoms with van der Waals surface area (Å²) in [5.74, 6) is -2.27. The van der Waals surface area contributed by atoms with E-state index in [0.717, 1.165) is 32.4 Å². The van der Waals surface area contributed by atoms with Crippen LogP contribution >= 0.6 is 11.6 Å². The molecule has 104 valence electrons. The van der Waals surface area contributed by atoms with E-state index in [1.807, 2.05) is 7.05 Å². The van der Waals surface area contributed by atoms with Crippen LogP contribution in [0.5, 0.6) is 0 Å². The maximum absolute atomic E-state index is 13.4. The number of aromatic carboxylic acids is 1. The zero-order valence-corrected chi connectivity index (χ0v) is 11.3. The van der Waals surface area contributed by atoms with Gasteiger partial charge < -0.3 is 10.0 Å². The molecule has 1 aromatic heterocycles. The topological polar surface area (TPSA) is 56.7 Å². The Bertz CT molecular complexity index is 490. The minimum atomic E-state index is -1.37. The first kappa shape index (κ1) is 14.2. The molecule has 0 amide bonds. The Balaban J connectivity index is 2.17. The fourth-order valence-electron chi connectivity index (χ4n) is 2.03. The van der Waals surface area contributed by atoms with E-state index in [9.17, 15) is 9.18 Å². The smallest absolute Gasteiger partial charge is 0.340 e. The lowest BCUT2D eigenvalue weighted by Gasteiger charge is -2.32. The van der Waals surface area contributed by atoms with E-state index < -0.39 is 17.3 Å². The summed E-state index contributed by atoms with van der Waals surface area (Å²) in [6, 6.07) is 0. The SMILES string of the molecule is CN1CCN(Cc2ncc(F)c(C(=O)O)c2Cl)CC1. The van der Waals surface area contributed by atoms with Gasteiger partial charge in [-0.1, -0.05) is 11.6 Å². The number of hydrogen-bond acceptors (Lipinski definition) is 4. The van der Waals surface area contributed by atoms with Crippen molar-refractivity contribution in [3.05, 3.63) is 28.3 Å². The summed E-state index contributed by atoms with van der Waals surface area (Å²) in [5.41, 5.74) is -0.0918. The maximum atomic E-state index is 13.4. The van der Waals surface area contributed by atoms with Gasteiger partial charge >= 0.3 is 5.97 Å². The minimum absolute atomic E-state index is 0.105. The summed E-state index contributed by atoms with van der Waals surface area (Å²) >= 11 is 5.94. The van der Waals surface area contributed by atoms with Gasteiger partial charge in [-0.3, -0.25) is 9.88 Å². The molecule has 2 rings (SSSR count). The Hall–Kier alpha value is -1.24. The van der Waals surface area contributed by atoms with E-state index in [2.05, 4.69) is 14.8 Å². The van der Waals surface area contributed by atoms with Crippen LogP contribution in [0.2, 0.25) is 5.02 Å². The van der Waals surface area contributed by atoms with Crippen molar-refractivity contribution in [3.8, 4) is 0 Å². The van der Waals surface area contributed by atoms with Gasteiger partial charge in [0, 0.05) is 32.7 Å². The first-order valence-electron chi connectivity index (χ1n) is 5.96. The Morgan fingerprint density at radius 1 is 1.47 bits per heavy atom. The normalized spacial score (nSPS) is 17.6. The largest absolute Gasteiger partial charge is 0.478 e. The molecule has 0 radical (unpaired) electrons. The molecule has 1 aromatic rings. The molecular weight excluding hydrogens is 273 g/mol. The maximum Gasteiger partial charge on any atom is 0.340 e. The van der Waals surface area contributed by atoms with E-state index in [-0.39, 0.29) is 5.02 Å². The van der Waals surface area contributed by atoms with E-state index >= 15 is 0 Å². The van der Waals surface area contributed by atoms with Crippen molar-refractivity contribution in [2.45, 2.75) is 6.54 Å². The standard InChI is InChI=1S/C12H15ClFN3O2/c1-16-2-4-17(5-3-16)7-9-11(13)10(12(18)19)8(14)6-15-9/h6H,2-5,7H2,1H3,(H,18,19). The molecule has 7 heteroatoms. The lowest BCUT2D eigenvalue weighted by molar-refractivity contribution is 0.0691. The Morgan fingerprint density at radius 3 is 2.68 bits per heavy atom. The van der Waals surface area contributed by atoms with Crippen molar-refractivity contribution in [1.82, 2.24) is 14.8 Å². The zero-order chi connectivity index (χ0) is 14.0. The fourth-order valence-corrected chi connectivity index (χ4v) is 2.31. The van der Waals surface area contributed by atoms with Crippen LogP contribution in [0, 0.1) is 5.82 Å². The summed E-state index contributed by atoms with van der Waals surface area (Å²) in [6.45, 7) is 4.02. The Labute approximate surface area is 115 Å². The molecule has 2 heterocycles. The monoisotopic (exact) mass is 287 g/mol. The molecule has 1 saturated heterocycles. The van der Waals surface area contributed by atoms with Crippen LogP contribution in [0.3, 0.4) is 0 Å². The second kappa shape index (κ2) is 5.81. The molecule has 1 aliphatic heterocycles. The predicted octanol–water partition coefficient (Wildman–Crippen LogP) is 1.32. The molecule has 5 nitrogen and oxygen atoms in total. The highest BCUT2D eigenvalue weighted by molar-refractivity contribution is 6.34. The first-order chi connectivity index (χ1) is 8.99. The summed E-state index contributed by atoms with van der Waals surface area (Å²) in [6.07, 6.45) is 0.917. The van der Waals surface area contributed by atoms with Crippen molar-refractivity contribution >= 4 is 17.6 Å². The predicted molar refractivity (Wildman–Crippen MR) is 68.9 cm³/mol. The highest BCUT2D eigenvalue weighted by Crippen LogP contribution is 2.23. The minimum Gasteiger partial charge on any atom is -0.478 e. The molecule has 19 heavy (non-hydrogen) atoms. The molecule has 0 unspecified atom stereocenters. The van der Waals surface area contributed by atoms with Gasteiger partial charge in [0.1, 0.15) is 5.56 Å². The van der Waals surface area contributed by atoms with Gasteiger partial charge in [0.25, 0.3) is 0 Å². The van der Waals surface area contributed by atoms with Crippen molar-refractivity contribution in [2.24, 2.45) is 0 Å². The summed E-state index contributed by atoms with van der Waals surface area (Å²) in [7, 11) is 2.04. The van der Waals surface area contributed by atoms with Gasteiger partial charge in [-0.05, 0) is 7.05 Å². The van der Waals surface area contributed by atoms with Gasteiger partial charge in [0.05, 0.1) is 16.9 Å². The number of halogens is 2. The van der Waals surface area contributed by atoms with Gasteiger partial charge in [-0.15, -0.1) is 0 Å². The number of pyridine rings is 1. The number of piperazine rings is 1. The second-order valence-electron chi connectivity index (χ2n) is 4.63. The molecule has 1 N–H and O–H groups in total. The van der Waals surface area contributed by atoms with Crippen molar-refractivity contribution in [1.29, 1.82) is 0 Å². The lowest BCUT2D eigenvalue weighted by atomic mass is 10.2. The summed E-state index contributed by atoms with van der Waals surface area (Å²) < 4.78 is 13.4. The average Bonchev–Trinajstić information content (AvgIpc) is 2.35. The van der Waals surface area contributed by atoms with Crippen molar-refractivity contribution in [2.75, 3.05) is 33.2 Å². The third kappa shape index (κ3) is 3.20. The van der Waals surface area contributed by atoms with E-state index in [0.29, 0.717) is 12.2 Å². The quantitative estimate of drug-likeness (QED) is 0.909. The van der Waals surface area contributed by atoms with Gasteiger partial charge in [0.2, 0.25) is 0 Å². The zero-order valence-electron chi connectivity index (χ0n) is 10.6. The number of aromatic nitrogens is 1. The molecule has 0 bridgehead atoms. The van der Waals surface area contributed by atoms with E-state index in [1.165, 1.54) is 0 Å². The van der Waals surface area contributed by atoms with Crippen LogP contribution in [0.25, 0.3) is 0 Å². The molecule has 0 spiro atoms. The van der Waals surface area contributed by atoms with Crippen LogP contribution in [0.4, 0.5) is 4.39 Å². The van der Waals surface area contributed by atoms with Crippen molar-refractivity contribution in [3.63, 3.8) is 0 Å². The lowest BCUT2D eigenvalue weighted by Crippen LogP contribution is -2.44. The first-order valence-corrected chi connectivity index (χ1v) is 6.34. The molecule has 0 atom stereocenters. The average molecular weight is 288 g/mol.